The summed E-state index contributed by atoms with van der Waals surface area (Å²) in [5, 5.41) is 11.8. The third-order valence-corrected chi connectivity index (χ3v) is 2.28. The smallest absolute Gasteiger partial charge is 0.224 e. The molecule has 1 heterocycles. The summed E-state index contributed by atoms with van der Waals surface area (Å²) in [6, 6.07) is 4.21. The molecule has 5 nitrogen and oxygen atoms in total. The zero-order chi connectivity index (χ0) is 9.97. The monoisotopic (exact) mass is 189 g/mol. The van der Waals surface area contributed by atoms with Crippen LogP contribution in [0.1, 0.15) is 18.5 Å². The number of nitrogens with two attached hydrogens (primary N) is 1. The van der Waals surface area contributed by atoms with Gasteiger partial charge in [0.2, 0.25) is 5.95 Å². The van der Waals surface area contributed by atoms with Gasteiger partial charge in [-0.3, -0.25) is 0 Å². The van der Waals surface area contributed by atoms with Crippen molar-refractivity contribution in [2.24, 2.45) is 5.73 Å². The Morgan fingerprint density at radius 3 is 3.00 bits per heavy atom. The number of hydrogen-bond donors (Lipinski definition) is 2. The van der Waals surface area contributed by atoms with Crippen molar-refractivity contribution in [3.8, 4) is 6.07 Å². The van der Waals surface area contributed by atoms with Gasteiger partial charge in [0.1, 0.15) is 11.8 Å². The van der Waals surface area contributed by atoms with Crippen LogP contribution in [-0.4, -0.2) is 22.1 Å². The van der Waals surface area contributed by atoms with E-state index in [-0.39, 0.29) is 0 Å². The van der Waals surface area contributed by atoms with Gasteiger partial charge in [-0.1, -0.05) is 0 Å². The molecule has 5 heteroatoms. The lowest BCUT2D eigenvalue weighted by Crippen LogP contribution is -2.44. The van der Waals surface area contributed by atoms with Crippen LogP contribution in [0.5, 0.6) is 0 Å². The number of nitriles is 1. The third-order valence-electron chi connectivity index (χ3n) is 2.28. The van der Waals surface area contributed by atoms with E-state index in [0.717, 1.165) is 12.8 Å². The van der Waals surface area contributed by atoms with Gasteiger partial charge >= 0.3 is 0 Å². The molecule has 0 aliphatic heterocycles. The maximum absolute atomic E-state index is 8.62. The van der Waals surface area contributed by atoms with Gasteiger partial charge in [-0.05, 0) is 18.9 Å². The van der Waals surface area contributed by atoms with Crippen molar-refractivity contribution in [2.45, 2.75) is 24.9 Å². The van der Waals surface area contributed by atoms with Gasteiger partial charge in [0.05, 0.1) is 0 Å². The van der Waals surface area contributed by atoms with E-state index in [2.05, 4.69) is 15.3 Å². The lowest BCUT2D eigenvalue weighted by atomic mass is 9.88. The molecule has 0 amide bonds. The Hall–Kier alpha value is -1.67. The zero-order valence-corrected chi connectivity index (χ0v) is 7.64. The fourth-order valence-electron chi connectivity index (χ4n) is 1.45. The molecule has 0 unspecified atom stereocenters. The molecule has 0 atom stereocenters. The minimum atomic E-state index is 0.298. The minimum Gasteiger partial charge on any atom is -0.351 e. The second-order valence-corrected chi connectivity index (χ2v) is 3.45. The average molecular weight is 189 g/mol. The van der Waals surface area contributed by atoms with Crippen molar-refractivity contribution >= 4 is 5.95 Å². The summed E-state index contributed by atoms with van der Waals surface area (Å²) in [6.45, 7) is 0. The van der Waals surface area contributed by atoms with Gasteiger partial charge in [0.25, 0.3) is 0 Å². The molecule has 1 aromatic rings. The molecular formula is C9H11N5. The summed E-state index contributed by atoms with van der Waals surface area (Å²) in [5.74, 6) is 0.515. The largest absolute Gasteiger partial charge is 0.351 e. The Kier molecular flexibility index (Phi) is 2.29. The fourth-order valence-corrected chi connectivity index (χ4v) is 1.45. The molecule has 14 heavy (non-hydrogen) atoms. The Morgan fingerprint density at radius 2 is 2.36 bits per heavy atom. The number of anilines is 1. The van der Waals surface area contributed by atoms with Crippen LogP contribution in [0.25, 0.3) is 0 Å². The normalized spacial score (nSPS) is 24.9. The van der Waals surface area contributed by atoms with Crippen LogP contribution in [0.3, 0.4) is 0 Å². The minimum absolute atomic E-state index is 0.298. The Morgan fingerprint density at radius 1 is 1.57 bits per heavy atom. The lowest BCUT2D eigenvalue weighted by molar-refractivity contribution is 0.372. The van der Waals surface area contributed by atoms with Crippen molar-refractivity contribution in [3.05, 3.63) is 18.0 Å². The van der Waals surface area contributed by atoms with E-state index in [0.29, 0.717) is 23.7 Å². The molecule has 0 spiro atoms. The van der Waals surface area contributed by atoms with E-state index in [9.17, 15) is 0 Å². The Balaban J connectivity index is 2.00. The Bertz CT molecular complexity index is 364. The van der Waals surface area contributed by atoms with E-state index < -0.39 is 0 Å². The second kappa shape index (κ2) is 3.60. The van der Waals surface area contributed by atoms with Crippen LogP contribution in [-0.2, 0) is 0 Å². The number of nitrogens with one attached hydrogen (secondary N) is 1. The van der Waals surface area contributed by atoms with E-state index in [1.54, 1.807) is 12.3 Å². The highest BCUT2D eigenvalue weighted by Gasteiger charge is 2.26. The van der Waals surface area contributed by atoms with E-state index in [1.165, 1.54) is 0 Å². The lowest BCUT2D eigenvalue weighted by Gasteiger charge is -2.32. The molecule has 2 rings (SSSR count). The summed E-state index contributed by atoms with van der Waals surface area (Å²) < 4.78 is 0. The first-order chi connectivity index (χ1) is 6.78. The van der Waals surface area contributed by atoms with E-state index >= 15 is 0 Å². The third kappa shape index (κ3) is 1.80. The number of nitrogens with zero attached hydrogens (tertiary/aromatic N) is 3. The van der Waals surface area contributed by atoms with Crippen molar-refractivity contribution in [1.82, 2.24) is 9.97 Å². The quantitative estimate of drug-likeness (QED) is 0.696. The molecule has 0 aromatic carbocycles. The maximum Gasteiger partial charge on any atom is 0.224 e. The van der Waals surface area contributed by atoms with Crippen LogP contribution < -0.4 is 11.1 Å². The highest BCUT2D eigenvalue weighted by Crippen LogP contribution is 2.20. The fraction of sp³-hybridized carbons (Fsp3) is 0.444. The van der Waals surface area contributed by atoms with Gasteiger partial charge in [-0.15, -0.1) is 0 Å². The highest BCUT2D eigenvalue weighted by atomic mass is 15.1. The van der Waals surface area contributed by atoms with Crippen molar-refractivity contribution in [2.75, 3.05) is 5.32 Å². The predicted molar refractivity (Wildman–Crippen MR) is 51.4 cm³/mol. The molecule has 1 saturated carbocycles. The van der Waals surface area contributed by atoms with E-state index in [4.69, 9.17) is 11.0 Å². The molecule has 0 saturated heterocycles. The van der Waals surface area contributed by atoms with E-state index in [1.807, 2.05) is 6.07 Å². The summed E-state index contributed by atoms with van der Waals surface area (Å²) in [5.41, 5.74) is 6.03. The molecular weight excluding hydrogens is 178 g/mol. The standard InChI is InChI=1S/C9H11N5/c10-5-7-1-2-12-9(13-7)14-8-3-6(11)4-8/h1-2,6,8H,3-4,11H2,(H,12,13,14). The first-order valence-corrected chi connectivity index (χ1v) is 4.53. The van der Waals surface area contributed by atoms with Crippen LogP contribution >= 0.6 is 0 Å². The van der Waals surface area contributed by atoms with Gasteiger partial charge < -0.3 is 11.1 Å². The van der Waals surface area contributed by atoms with Crippen LogP contribution in [0.4, 0.5) is 5.95 Å². The van der Waals surface area contributed by atoms with Crippen molar-refractivity contribution in [3.63, 3.8) is 0 Å². The second-order valence-electron chi connectivity index (χ2n) is 3.45. The molecule has 0 radical (unpaired) electrons. The maximum atomic E-state index is 8.62. The van der Waals surface area contributed by atoms with Gasteiger partial charge in [0.15, 0.2) is 0 Å². The predicted octanol–water partition coefficient (Wildman–Crippen LogP) is 0.250. The zero-order valence-electron chi connectivity index (χ0n) is 7.64. The number of rotatable bonds is 2. The van der Waals surface area contributed by atoms with Crippen molar-refractivity contribution < 1.29 is 0 Å². The molecule has 1 aromatic heterocycles. The average Bonchev–Trinajstić information content (AvgIpc) is 2.16. The Labute approximate surface area is 82.0 Å². The number of hydrogen-bond acceptors (Lipinski definition) is 5. The van der Waals surface area contributed by atoms with Crippen LogP contribution in [0.15, 0.2) is 12.3 Å². The summed E-state index contributed by atoms with van der Waals surface area (Å²) >= 11 is 0. The van der Waals surface area contributed by atoms with Gasteiger partial charge in [-0.25, -0.2) is 9.97 Å². The van der Waals surface area contributed by atoms with Crippen molar-refractivity contribution in [1.29, 1.82) is 5.26 Å². The highest BCUT2D eigenvalue weighted by molar-refractivity contribution is 5.31. The van der Waals surface area contributed by atoms with Crippen LogP contribution in [0.2, 0.25) is 0 Å². The SMILES string of the molecule is N#Cc1ccnc(NC2CC(N)C2)n1. The summed E-state index contributed by atoms with van der Waals surface area (Å²) in [4.78, 5) is 8.03. The molecule has 3 N–H and O–H groups in total. The molecule has 1 aliphatic carbocycles. The summed E-state index contributed by atoms with van der Waals surface area (Å²) in [7, 11) is 0. The molecule has 1 aliphatic rings. The first kappa shape index (κ1) is 8.91. The summed E-state index contributed by atoms with van der Waals surface area (Å²) in [6.07, 6.45) is 3.47. The first-order valence-electron chi connectivity index (χ1n) is 4.53. The molecule has 72 valence electrons. The van der Waals surface area contributed by atoms with Gasteiger partial charge in [0, 0.05) is 18.3 Å². The van der Waals surface area contributed by atoms with Crippen LogP contribution in [0, 0.1) is 11.3 Å². The molecule has 1 fully saturated rings. The topological polar surface area (TPSA) is 87.6 Å². The molecule has 0 bridgehead atoms. The van der Waals surface area contributed by atoms with Gasteiger partial charge in [-0.2, -0.15) is 5.26 Å². The number of aromatic nitrogens is 2.